The first-order valence-electron chi connectivity index (χ1n) is 16.4. The van der Waals surface area contributed by atoms with Gasteiger partial charge in [0.25, 0.3) is 17.1 Å². The molecule has 0 radical (unpaired) electrons. The highest BCUT2D eigenvalue weighted by Gasteiger charge is 2.35. The highest BCUT2D eigenvalue weighted by molar-refractivity contribution is 5.95. The summed E-state index contributed by atoms with van der Waals surface area (Å²) in [5, 5.41) is 48.7. The van der Waals surface area contributed by atoms with Gasteiger partial charge < -0.3 is 24.4 Å². The second kappa shape index (κ2) is 23.3. The minimum absolute atomic E-state index is 0. The Hall–Kier alpha value is -8.46. The third-order valence-electron chi connectivity index (χ3n) is 7.38. The fraction of sp³-hybridized carbons (Fsp3) is 0.132. The second-order valence-electron chi connectivity index (χ2n) is 11.5. The molecule has 0 aliphatic heterocycles. The van der Waals surface area contributed by atoms with E-state index >= 15 is 0 Å². The summed E-state index contributed by atoms with van der Waals surface area (Å²) in [6.45, 7) is 0. The van der Waals surface area contributed by atoms with Crippen LogP contribution in [-0.4, -0.2) is 57.1 Å². The summed E-state index contributed by atoms with van der Waals surface area (Å²) >= 11 is 0. The number of alkyl halides is 6. The topological polar surface area (TPSA) is 249 Å². The maximum Gasteiger partial charge on any atom is 0.419 e. The minimum atomic E-state index is -4.76. The first-order chi connectivity index (χ1) is 30.1. The number of para-hydroxylation sites is 2. The standard InChI is InChI=1S/C15H9F4NO5.C8H5F2NO4.C7H5F3O.C7H3F2NO4.CH4/c1-24-14(21)8-6-13(10(16)7-11(8)20(22)23)25-12-5-3-2-4-9(12)15(17,18)19;1-15-8(12)4-2-5(9)6(10)3-7(4)11(13)14;8-7(9,10)5-3-1-2-4-6(5)11;8-4-1-3(7(11)12)6(10(13)14)2-5(4)9;/h2-7H,1H3;2-3H,1H3;1-4,11H;1-2H,(H,11,12);1H4. The van der Waals surface area contributed by atoms with Crippen LogP contribution in [0.25, 0.3) is 0 Å². The van der Waals surface area contributed by atoms with Gasteiger partial charge in [0.2, 0.25) is 0 Å². The van der Waals surface area contributed by atoms with Crippen LogP contribution in [0.5, 0.6) is 17.2 Å². The lowest BCUT2D eigenvalue weighted by molar-refractivity contribution is -0.385. The number of hydrogen-bond acceptors (Lipinski definition) is 13. The van der Waals surface area contributed by atoms with Crippen molar-refractivity contribution in [1.82, 2.24) is 0 Å². The van der Waals surface area contributed by atoms with Crippen molar-refractivity contribution in [1.29, 1.82) is 0 Å². The Morgan fingerprint density at radius 3 is 1.26 bits per heavy atom. The molecule has 0 aromatic heterocycles. The van der Waals surface area contributed by atoms with Gasteiger partial charge in [0.05, 0.1) is 58.3 Å². The van der Waals surface area contributed by atoms with Crippen LogP contribution in [0.2, 0.25) is 0 Å². The zero-order valence-electron chi connectivity index (χ0n) is 31.9. The lowest BCUT2D eigenvalue weighted by Gasteiger charge is -2.14. The van der Waals surface area contributed by atoms with Crippen LogP contribution in [0.3, 0.4) is 0 Å². The molecule has 17 nitrogen and oxygen atoms in total. The third kappa shape index (κ3) is 14.8. The van der Waals surface area contributed by atoms with Crippen molar-refractivity contribution in [2.45, 2.75) is 19.8 Å². The smallest absolute Gasteiger partial charge is 0.419 e. The van der Waals surface area contributed by atoms with Crippen molar-refractivity contribution >= 4 is 35.0 Å². The van der Waals surface area contributed by atoms with Gasteiger partial charge in [-0.3, -0.25) is 30.3 Å². The molecule has 0 bridgehead atoms. The molecule has 66 heavy (non-hydrogen) atoms. The predicted octanol–water partition coefficient (Wildman–Crippen LogP) is 10.6. The van der Waals surface area contributed by atoms with Crippen molar-refractivity contribution in [3.63, 3.8) is 0 Å². The Kier molecular flexibility index (Phi) is 19.6. The third-order valence-corrected chi connectivity index (χ3v) is 7.38. The number of nitro benzene ring substituents is 3. The number of nitro groups is 3. The van der Waals surface area contributed by atoms with E-state index in [1.54, 1.807) is 0 Å². The number of carbonyl (C=O) groups excluding carboxylic acids is 2. The molecule has 354 valence electrons. The average Bonchev–Trinajstić information content (AvgIpc) is 3.22. The Morgan fingerprint density at radius 2 is 0.879 bits per heavy atom. The molecule has 5 aromatic carbocycles. The van der Waals surface area contributed by atoms with Gasteiger partial charge in [-0.15, -0.1) is 0 Å². The number of methoxy groups -OCH3 is 2. The highest BCUT2D eigenvalue weighted by Crippen LogP contribution is 2.40. The zero-order valence-corrected chi connectivity index (χ0v) is 31.9. The van der Waals surface area contributed by atoms with E-state index in [2.05, 4.69) is 9.47 Å². The summed E-state index contributed by atoms with van der Waals surface area (Å²) < 4.78 is 152. The number of esters is 2. The van der Waals surface area contributed by atoms with Crippen LogP contribution in [0.4, 0.5) is 65.4 Å². The monoisotopic (exact) mass is 957 g/mol. The van der Waals surface area contributed by atoms with E-state index in [1.165, 1.54) is 18.2 Å². The molecule has 0 aliphatic carbocycles. The van der Waals surface area contributed by atoms with Crippen LogP contribution in [0, 0.1) is 59.4 Å². The van der Waals surface area contributed by atoms with E-state index in [0.29, 0.717) is 24.3 Å². The van der Waals surface area contributed by atoms with Crippen molar-refractivity contribution in [3.8, 4) is 17.2 Å². The Morgan fingerprint density at radius 1 is 0.530 bits per heavy atom. The van der Waals surface area contributed by atoms with E-state index in [9.17, 15) is 93.0 Å². The number of aromatic carboxylic acids is 1. The van der Waals surface area contributed by atoms with E-state index in [-0.39, 0.29) is 19.6 Å². The minimum Gasteiger partial charge on any atom is -0.507 e. The highest BCUT2D eigenvalue weighted by atomic mass is 19.4. The van der Waals surface area contributed by atoms with Crippen LogP contribution in [-0.2, 0) is 21.8 Å². The summed E-state index contributed by atoms with van der Waals surface area (Å²) in [6, 6.07) is 10.7. The van der Waals surface area contributed by atoms with Gasteiger partial charge in [0.1, 0.15) is 28.2 Å². The largest absolute Gasteiger partial charge is 0.507 e. The lowest BCUT2D eigenvalue weighted by Crippen LogP contribution is -2.09. The molecule has 5 rings (SSSR count). The van der Waals surface area contributed by atoms with Crippen LogP contribution < -0.4 is 4.74 Å². The van der Waals surface area contributed by atoms with Crippen LogP contribution in [0.15, 0.2) is 84.9 Å². The summed E-state index contributed by atoms with van der Waals surface area (Å²) in [6.07, 6.45) is -9.23. The molecule has 0 atom stereocenters. The van der Waals surface area contributed by atoms with E-state index < -0.39 is 136 Å². The van der Waals surface area contributed by atoms with Crippen molar-refractivity contribution in [2.75, 3.05) is 14.2 Å². The molecule has 0 saturated heterocycles. The molecule has 5 aromatic rings. The number of halogens is 11. The zero-order chi connectivity index (χ0) is 49.7. The molecular weight excluding hydrogens is 931 g/mol. The molecular formula is C38H26F11N3O14. The first-order valence-corrected chi connectivity index (χ1v) is 16.4. The van der Waals surface area contributed by atoms with Gasteiger partial charge in [-0.2, -0.15) is 26.3 Å². The summed E-state index contributed by atoms with van der Waals surface area (Å²) in [5.41, 5.74) is -7.05. The molecule has 0 spiro atoms. The maximum atomic E-state index is 14.0. The molecule has 2 N–H and O–H groups in total. The van der Waals surface area contributed by atoms with Crippen molar-refractivity contribution in [3.05, 3.63) is 172 Å². The van der Waals surface area contributed by atoms with Crippen molar-refractivity contribution in [2.24, 2.45) is 0 Å². The normalized spacial score (nSPS) is 10.4. The number of benzene rings is 5. The number of nitrogens with zero attached hydrogens (tertiary/aromatic N) is 3. The van der Waals surface area contributed by atoms with Crippen molar-refractivity contribution < 1.29 is 102 Å². The number of carboxylic acids is 1. The van der Waals surface area contributed by atoms with Gasteiger partial charge in [-0.05, 0) is 36.4 Å². The number of aromatic hydroxyl groups is 1. The number of phenols is 1. The summed E-state index contributed by atoms with van der Waals surface area (Å²) in [7, 11) is 1.92. The number of phenolic OH excluding ortho intramolecular Hbond substituents is 1. The van der Waals surface area contributed by atoms with E-state index in [4.69, 9.17) is 14.9 Å². The average molecular weight is 958 g/mol. The number of carboxylic acid groups (broad SMARTS) is 1. The Labute approximate surface area is 360 Å². The fourth-order valence-electron chi connectivity index (χ4n) is 4.49. The number of hydrogen-bond donors (Lipinski definition) is 2. The van der Waals surface area contributed by atoms with Gasteiger partial charge in [-0.1, -0.05) is 31.7 Å². The molecule has 0 saturated carbocycles. The number of rotatable bonds is 8. The first kappa shape index (κ1) is 55.6. The SMILES string of the molecule is C.COC(=O)c1cc(F)c(F)cc1[N+](=O)[O-].COC(=O)c1cc(Oc2ccccc2C(F)(F)F)c(F)cc1[N+](=O)[O-].O=C(O)c1cc(F)c(F)cc1[N+](=O)[O-].Oc1ccccc1C(F)(F)F. The second-order valence-corrected chi connectivity index (χ2v) is 11.5. The Bertz CT molecular complexity index is 2590. The predicted molar refractivity (Wildman–Crippen MR) is 200 cm³/mol. The molecule has 0 fully saturated rings. The van der Waals surface area contributed by atoms with Gasteiger partial charge in [0.15, 0.2) is 34.8 Å². The van der Waals surface area contributed by atoms with Crippen LogP contribution in [0.1, 0.15) is 49.6 Å². The maximum absolute atomic E-state index is 14.0. The fourth-order valence-corrected chi connectivity index (χ4v) is 4.49. The summed E-state index contributed by atoms with van der Waals surface area (Å²) in [5.74, 6) is -13.1. The Balaban J connectivity index is 0.000000461. The van der Waals surface area contributed by atoms with Gasteiger partial charge >= 0.3 is 30.3 Å². The van der Waals surface area contributed by atoms with Gasteiger partial charge in [0, 0.05) is 6.07 Å². The van der Waals surface area contributed by atoms with E-state index in [0.717, 1.165) is 44.6 Å². The van der Waals surface area contributed by atoms with E-state index in [1.807, 2.05) is 0 Å². The molecule has 0 amide bonds. The number of carbonyl (C=O) groups is 3. The van der Waals surface area contributed by atoms with Gasteiger partial charge in [-0.25, -0.2) is 36.3 Å². The molecule has 0 aliphatic rings. The molecule has 0 unspecified atom stereocenters. The lowest BCUT2D eigenvalue weighted by atomic mass is 10.1. The van der Waals surface area contributed by atoms with Crippen LogP contribution >= 0.6 is 0 Å². The number of ether oxygens (including phenoxy) is 3. The molecule has 0 heterocycles. The quantitative estimate of drug-likeness (QED) is 0.0635. The summed E-state index contributed by atoms with van der Waals surface area (Å²) in [4.78, 5) is 61.4. The molecule has 28 heteroatoms.